The van der Waals surface area contributed by atoms with Crippen molar-refractivity contribution in [3.8, 4) is 0 Å². The maximum atomic E-state index is 10.6. The first kappa shape index (κ1) is 12.0. The summed E-state index contributed by atoms with van der Waals surface area (Å²) in [4.78, 5) is 12.8. The SMILES string of the molecule is CC(O)c1cc(N2CCOCC2)ccc1N=O. The third kappa shape index (κ3) is 2.62. The minimum atomic E-state index is -0.691. The number of anilines is 1. The standard InChI is InChI=1S/C12H16N2O3/c1-9(15)11-8-10(2-3-12(11)13-16)14-4-6-17-7-5-14/h2-3,8-9,15H,4-7H2,1H3. The molecule has 0 spiro atoms. The van der Waals surface area contributed by atoms with Crippen LogP contribution in [-0.4, -0.2) is 31.4 Å². The van der Waals surface area contributed by atoms with Gasteiger partial charge in [-0.1, -0.05) is 0 Å². The molecule has 1 aromatic carbocycles. The lowest BCUT2D eigenvalue weighted by Gasteiger charge is -2.29. The lowest BCUT2D eigenvalue weighted by Crippen LogP contribution is -2.36. The van der Waals surface area contributed by atoms with Crippen LogP contribution in [0.4, 0.5) is 11.4 Å². The first-order chi connectivity index (χ1) is 8.22. The quantitative estimate of drug-likeness (QED) is 0.815. The Labute approximate surface area is 100.0 Å². The Morgan fingerprint density at radius 2 is 2.12 bits per heavy atom. The monoisotopic (exact) mass is 236 g/mol. The molecule has 5 nitrogen and oxygen atoms in total. The van der Waals surface area contributed by atoms with Gasteiger partial charge in [0, 0.05) is 24.3 Å². The van der Waals surface area contributed by atoms with E-state index in [1.54, 1.807) is 13.0 Å². The minimum absolute atomic E-state index is 0.303. The molecule has 2 rings (SSSR count). The third-order valence-electron chi connectivity index (χ3n) is 2.94. The van der Waals surface area contributed by atoms with Gasteiger partial charge in [-0.05, 0) is 30.3 Å². The van der Waals surface area contributed by atoms with Gasteiger partial charge in [-0.2, -0.15) is 0 Å². The van der Waals surface area contributed by atoms with Gasteiger partial charge in [0.05, 0.1) is 19.3 Å². The van der Waals surface area contributed by atoms with Crippen LogP contribution in [0.2, 0.25) is 0 Å². The average Bonchev–Trinajstić information content (AvgIpc) is 2.39. The molecule has 1 unspecified atom stereocenters. The Bertz CT molecular complexity index is 401. The molecule has 0 aliphatic carbocycles. The summed E-state index contributed by atoms with van der Waals surface area (Å²) >= 11 is 0. The van der Waals surface area contributed by atoms with E-state index in [0.29, 0.717) is 24.5 Å². The van der Waals surface area contributed by atoms with E-state index in [-0.39, 0.29) is 0 Å². The molecule has 1 atom stereocenters. The van der Waals surface area contributed by atoms with Crippen LogP contribution in [0, 0.1) is 4.91 Å². The predicted octanol–water partition coefficient (Wildman–Crippen LogP) is 1.97. The largest absolute Gasteiger partial charge is 0.389 e. The number of hydrogen-bond acceptors (Lipinski definition) is 5. The van der Waals surface area contributed by atoms with Crippen molar-refractivity contribution in [2.45, 2.75) is 13.0 Å². The number of ether oxygens (including phenoxy) is 1. The fourth-order valence-corrected chi connectivity index (χ4v) is 1.98. The van der Waals surface area contributed by atoms with Crippen molar-refractivity contribution in [1.82, 2.24) is 0 Å². The Hall–Kier alpha value is -1.46. The van der Waals surface area contributed by atoms with Gasteiger partial charge in [0.25, 0.3) is 0 Å². The van der Waals surface area contributed by atoms with E-state index in [1.807, 2.05) is 12.1 Å². The lowest BCUT2D eigenvalue weighted by molar-refractivity contribution is 0.122. The zero-order valence-electron chi connectivity index (χ0n) is 9.80. The fraction of sp³-hybridized carbons (Fsp3) is 0.500. The Balaban J connectivity index is 2.29. The van der Waals surface area contributed by atoms with Crippen molar-refractivity contribution in [2.75, 3.05) is 31.2 Å². The van der Waals surface area contributed by atoms with Gasteiger partial charge in [0.15, 0.2) is 0 Å². The second-order valence-corrected chi connectivity index (χ2v) is 4.11. The molecular weight excluding hydrogens is 220 g/mol. The molecule has 1 aliphatic heterocycles. The molecule has 1 N–H and O–H groups in total. The number of benzene rings is 1. The number of nitrogens with zero attached hydrogens (tertiary/aromatic N) is 2. The highest BCUT2D eigenvalue weighted by Gasteiger charge is 2.15. The van der Waals surface area contributed by atoms with Gasteiger partial charge in [0.1, 0.15) is 5.69 Å². The third-order valence-corrected chi connectivity index (χ3v) is 2.94. The maximum absolute atomic E-state index is 10.6. The molecule has 1 aromatic rings. The Kier molecular flexibility index (Phi) is 3.71. The zero-order chi connectivity index (χ0) is 12.3. The van der Waals surface area contributed by atoms with Crippen LogP contribution in [-0.2, 0) is 4.74 Å². The van der Waals surface area contributed by atoms with Gasteiger partial charge in [-0.15, -0.1) is 4.91 Å². The number of aliphatic hydroxyl groups excluding tert-OH is 1. The first-order valence-corrected chi connectivity index (χ1v) is 5.70. The van der Waals surface area contributed by atoms with Crippen molar-refractivity contribution >= 4 is 11.4 Å². The second kappa shape index (κ2) is 5.25. The number of rotatable bonds is 3. The van der Waals surface area contributed by atoms with Crippen molar-refractivity contribution in [2.24, 2.45) is 5.18 Å². The molecule has 0 radical (unpaired) electrons. The molecule has 0 aromatic heterocycles. The maximum Gasteiger partial charge on any atom is 0.113 e. The smallest absolute Gasteiger partial charge is 0.113 e. The lowest BCUT2D eigenvalue weighted by atomic mass is 10.1. The highest BCUT2D eigenvalue weighted by Crippen LogP contribution is 2.30. The van der Waals surface area contributed by atoms with Crippen LogP contribution < -0.4 is 4.90 Å². The van der Waals surface area contributed by atoms with E-state index in [2.05, 4.69) is 10.1 Å². The summed E-state index contributed by atoms with van der Waals surface area (Å²) in [5.74, 6) is 0. The summed E-state index contributed by atoms with van der Waals surface area (Å²) in [6, 6.07) is 5.33. The molecule has 1 aliphatic rings. The number of nitroso groups, excluding NO2 is 1. The molecule has 0 amide bonds. The molecule has 1 saturated heterocycles. The van der Waals surface area contributed by atoms with E-state index >= 15 is 0 Å². The van der Waals surface area contributed by atoms with E-state index in [0.717, 1.165) is 18.8 Å². The van der Waals surface area contributed by atoms with Gasteiger partial charge >= 0.3 is 0 Å². The second-order valence-electron chi connectivity index (χ2n) is 4.11. The minimum Gasteiger partial charge on any atom is -0.389 e. The first-order valence-electron chi connectivity index (χ1n) is 5.70. The zero-order valence-corrected chi connectivity index (χ0v) is 9.80. The van der Waals surface area contributed by atoms with Gasteiger partial charge < -0.3 is 14.7 Å². The molecule has 0 bridgehead atoms. The molecule has 1 fully saturated rings. The van der Waals surface area contributed by atoms with Gasteiger partial charge in [0.2, 0.25) is 0 Å². The molecule has 17 heavy (non-hydrogen) atoms. The summed E-state index contributed by atoms with van der Waals surface area (Å²) in [7, 11) is 0. The van der Waals surface area contributed by atoms with E-state index < -0.39 is 6.10 Å². The van der Waals surface area contributed by atoms with Gasteiger partial charge in [-0.25, -0.2) is 0 Å². The summed E-state index contributed by atoms with van der Waals surface area (Å²) in [6.45, 7) is 4.70. The number of morpholine rings is 1. The van der Waals surface area contributed by atoms with Crippen LogP contribution >= 0.6 is 0 Å². The fourth-order valence-electron chi connectivity index (χ4n) is 1.98. The van der Waals surface area contributed by atoms with Crippen LogP contribution in [0.15, 0.2) is 23.4 Å². The molecular formula is C12H16N2O3. The summed E-state index contributed by atoms with van der Waals surface area (Å²) in [5.41, 5.74) is 1.87. The molecule has 1 heterocycles. The Morgan fingerprint density at radius 3 is 2.71 bits per heavy atom. The normalized spacial score (nSPS) is 17.9. The van der Waals surface area contributed by atoms with Crippen molar-refractivity contribution in [3.05, 3.63) is 28.7 Å². The molecule has 0 saturated carbocycles. The Morgan fingerprint density at radius 1 is 1.41 bits per heavy atom. The van der Waals surface area contributed by atoms with Crippen molar-refractivity contribution in [1.29, 1.82) is 0 Å². The van der Waals surface area contributed by atoms with Crippen LogP contribution in [0.25, 0.3) is 0 Å². The van der Waals surface area contributed by atoms with Gasteiger partial charge in [-0.3, -0.25) is 0 Å². The number of aliphatic hydroxyl groups is 1. The average molecular weight is 236 g/mol. The van der Waals surface area contributed by atoms with E-state index in [4.69, 9.17) is 4.74 Å². The van der Waals surface area contributed by atoms with Crippen LogP contribution in [0.5, 0.6) is 0 Å². The molecule has 92 valence electrons. The van der Waals surface area contributed by atoms with E-state index in [1.165, 1.54) is 0 Å². The topological polar surface area (TPSA) is 62.1 Å². The van der Waals surface area contributed by atoms with E-state index in [9.17, 15) is 10.0 Å². The summed E-state index contributed by atoms with van der Waals surface area (Å²) < 4.78 is 5.28. The predicted molar refractivity (Wildman–Crippen MR) is 65.6 cm³/mol. The highest BCUT2D eigenvalue weighted by molar-refractivity contribution is 5.58. The molecule has 5 heteroatoms. The van der Waals surface area contributed by atoms with Crippen molar-refractivity contribution < 1.29 is 9.84 Å². The summed E-state index contributed by atoms with van der Waals surface area (Å²) in [6.07, 6.45) is -0.691. The highest BCUT2D eigenvalue weighted by atomic mass is 16.5. The number of hydrogen-bond donors (Lipinski definition) is 1. The van der Waals surface area contributed by atoms with Crippen LogP contribution in [0.3, 0.4) is 0 Å². The van der Waals surface area contributed by atoms with Crippen molar-refractivity contribution in [3.63, 3.8) is 0 Å². The van der Waals surface area contributed by atoms with Crippen LogP contribution in [0.1, 0.15) is 18.6 Å². The summed E-state index contributed by atoms with van der Waals surface area (Å²) in [5, 5.41) is 12.5.